The molecule has 2 aliphatic rings. The molecule has 1 amide bonds. The Morgan fingerprint density at radius 1 is 1.26 bits per heavy atom. The maximum Gasteiger partial charge on any atom is 0.233 e. The summed E-state index contributed by atoms with van der Waals surface area (Å²) < 4.78 is 0. The van der Waals surface area contributed by atoms with Crippen LogP contribution in [0.5, 0.6) is 0 Å². The number of hydrogen-bond donors (Lipinski definition) is 1. The average molecular weight is 338 g/mol. The highest BCUT2D eigenvalue weighted by Crippen LogP contribution is 2.45. The third kappa shape index (κ3) is 3.72. The molecule has 3 nitrogen and oxygen atoms in total. The Morgan fingerprint density at radius 3 is 2.43 bits per heavy atom. The van der Waals surface area contributed by atoms with Gasteiger partial charge in [-0.1, -0.05) is 44.0 Å². The van der Waals surface area contributed by atoms with E-state index in [2.05, 4.69) is 0 Å². The quantitative estimate of drug-likeness (QED) is 0.905. The highest BCUT2D eigenvalue weighted by Gasteiger charge is 2.48. The molecule has 4 heteroatoms. The first-order valence-electron chi connectivity index (χ1n) is 8.82. The summed E-state index contributed by atoms with van der Waals surface area (Å²) in [6.45, 7) is 5.70. The van der Waals surface area contributed by atoms with Gasteiger partial charge in [-0.3, -0.25) is 4.79 Å². The zero-order valence-corrected chi connectivity index (χ0v) is 15.0. The number of aliphatic hydroxyl groups excluding tert-OH is 1. The van der Waals surface area contributed by atoms with Crippen molar-refractivity contribution in [3.8, 4) is 0 Å². The number of nitrogens with zero attached hydrogens (tertiary/aromatic N) is 1. The van der Waals surface area contributed by atoms with Crippen LogP contribution in [0.2, 0.25) is 5.02 Å². The number of amides is 1. The number of likely N-dealkylation sites (tertiary alicyclic amines) is 1. The SMILES string of the molecule is CC.O=C(N1CCCC(CO)C1)C1(c2ccc(Cl)cc2)CCC1. The molecule has 1 aliphatic heterocycles. The van der Waals surface area contributed by atoms with Gasteiger partial charge < -0.3 is 10.0 Å². The summed E-state index contributed by atoms with van der Waals surface area (Å²) in [6, 6.07) is 7.73. The van der Waals surface area contributed by atoms with E-state index in [1.807, 2.05) is 43.0 Å². The van der Waals surface area contributed by atoms with E-state index in [-0.39, 0.29) is 23.8 Å². The van der Waals surface area contributed by atoms with Crippen LogP contribution in [0.25, 0.3) is 0 Å². The maximum absolute atomic E-state index is 13.1. The van der Waals surface area contributed by atoms with Gasteiger partial charge in [-0.25, -0.2) is 0 Å². The van der Waals surface area contributed by atoms with E-state index < -0.39 is 0 Å². The third-order valence-electron chi connectivity index (χ3n) is 5.08. The van der Waals surface area contributed by atoms with Crippen LogP contribution in [-0.2, 0) is 10.2 Å². The topological polar surface area (TPSA) is 40.5 Å². The standard InChI is InChI=1S/C17H22ClNO2.C2H6/c18-15-6-4-14(5-7-15)17(8-2-9-17)16(21)19-10-1-3-13(11-19)12-20;1-2/h4-7,13,20H,1-3,8-12H2;1-2H3. The second-order valence-corrected chi connectivity index (χ2v) is 6.82. The number of hydrogen-bond acceptors (Lipinski definition) is 2. The summed E-state index contributed by atoms with van der Waals surface area (Å²) in [6.07, 6.45) is 4.97. The van der Waals surface area contributed by atoms with Crippen molar-refractivity contribution < 1.29 is 9.90 Å². The smallest absolute Gasteiger partial charge is 0.233 e. The first-order chi connectivity index (χ1) is 11.2. The largest absolute Gasteiger partial charge is 0.396 e. The minimum absolute atomic E-state index is 0.178. The van der Waals surface area contributed by atoms with Crippen LogP contribution in [0, 0.1) is 5.92 Å². The van der Waals surface area contributed by atoms with Crippen LogP contribution < -0.4 is 0 Å². The molecule has 1 aromatic carbocycles. The molecule has 0 aromatic heterocycles. The number of rotatable bonds is 3. The molecule has 1 saturated heterocycles. The molecule has 1 unspecified atom stereocenters. The average Bonchev–Trinajstić information content (AvgIpc) is 2.57. The van der Waals surface area contributed by atoms with Gasteiger partial charge in [-0.15, -0.1) is 0 Å². The van der Waals surface area contributed by atoms with Crippen molar-refractivity contribution in [3.05, 3.63) is 34.9 Å². The van der Waals surface area contributed by atoms with Crippen molar-refractivity contribution >= 4 is 17.5 Å². The Kier molecular flexibility index (Phi) is 6.49. The molecule has 23 heavy (non-hydrogen) atoms. The van der Waals surface area contributed by atoms with Gasteiger partial charge in [0.2, 0.25) is 5.91 Å². The fourth-order valence-electron chi connectivity index (χ4n) is 3.63. The van der Waals surface area contributed by atoms with Gasteiger partial charge in [0.05, 0.1) is 5.41 Å². The molecule has 1 atom stereocenters. The van der Waals surface area contributed by atoms with Gasteiger partial charge in [0, 0.05) is 24.7 Å². The molecular weight excluding hydrogens is 310 g/mol. The fourth-order valence-corrected chi connectivity index (χ4v) is 3.75. The molecule has 0 spiro atoms. The summed E-state index contributed by atoms with van der Waals surface area (Å²) in [4.78, 5) is 15.0. The van der Waals surface area contributed by atoms with Crippen LogP contribution in [0.1, 0.15) is 51.5 Å². The van der Waals surface area contributed by atoms with Gasteiger partial charge in [-0.05, 0) is 49.3 Å². The van der Waals surface area contributed by atoms with E-state index >= 15 is 0 Å². The zero-order chi connectivity index (χ0) is 16.9. The van der Waals surface area contributed by atoms with Crippen LogP contribution >= 0.6 is 11.6 Å². The zero-order valence-electron chi connectivity index (χ0n) is 14.2. The van der Waals surface area contributed by atoms with Crippen molar-refractivity contribution in [1.29, 1.82) is 0 Å². The van der Waals surface area contributed by atoms with Gasteiger partial charge in [0.15, 0.2) is 0 Å². The molecule has 2 fully saturated rings. The summed E-state index contributed by atoms with van der Waals surface area (Å²) in [7, 11) is 0. The van der Waals surface area contributed by atoms with E-state index in [0.29, 0.717) is 11.6 Å². The van der Waals surface area contributed by atoms with Crippen molar-refractivity contribution in [3.63, 3.8) is 0 Å². The lowest BCUT2D eigenvalue weighted by molar-refractivity contribution is -0.143. The molecule has 0 radical (unpaired) electrons. The molecule has 3 rings (SSSR count). The molecule has 128 valence electrons. The monoisotopic (exact) mass is 337 g/mol. The number of piperidine rings is 1. The number of carbonyl (C=O) groups is 1. The van der Waals surface area contributed by atoms with Crippen molar-refractivity contribution in [1.82, 2.24) is 4.90 Å². The number of aliphatic hydroxyl groups is 1. The summed E-state index contributed by atoms with van der Waals surface area (Å²) >= 11 is 5.97. The van der Waals surface area contributed by atoms with E-state index in [9.17, 15) is 9.90 Å². The Hall–Kier alpha value is -1.06. The first-order valence-corrected chi connectivity index (χ1v) is 9.20. The van der Waals surface area contributed by atoms with Crippen LogP contribution in [0.15, 0.2) is 24.3 Å². The Balaban J connectivity index is 0.000000924. The Morgan fingerprint density at radius 2 is 1.91 bits per heavy atom. The van der Waals surface area contributed by atoms with Crippen LogP contribution in [0.3, 0.4) is 0 Å². The van der Waals surface area contributed by atoms with E-state index in [1.54, 1.807) is 0 Å². The summed E-state index contributed by atoms with van der Waals surface area (Å²) in [5, 5.41) is 10.1. The highest BCUT2D eigenvalue weighted by molar-refractivity contribution is 6.30. The minimum Gasteiger partial charge on any atom is -0.396 e. The lowest BCUT2D eigenvalue weighted by atomic mass is 9.63. The fraction of sp³-hybridized carbons (Fsp3) is 0.632. The van der Waals surface area contributed by atoms with Gasteiger partial charge in [-0.2, -0.15) is 0 Å². The normalized spacial score (nSPS) is 22.6. The predicted octanol–water partition coefficient (Wildman–Crippen LogP) is 4.02. The Labute approximate surface area is 144 Å². The van der Waals surface area contributed by atoms with Crippen molar-refractivity contribution in [2.45, 2.75) is 51.4 Å². The molecule has 1 aromatic rings. The van der Waals surface area contributed by atoms with E-state index in [0.717, 1.165) is 44.2 Å². The number of carbonyl (C=O) groups excluding carboxylic acids is 1. The summed E-state index contributed by atoms with van der Waals surface area (Å²) in [5.41, 5.74) is 0.747. The first kappa shape index (κ1) is 18.3. The van der Waals surface area contributed by atoms with Crippen molar-refractivity contribution in [2.75, 3.05) is 19.7 Å². The molecule has 0 bridgehead atoms. The number of halogens is 1. The Bertz CT molecular complexity index is 511. The van der Waals surface area contributed by atoms with Crippen LogP contribution in [0.4, 0.5) is 0 Å². The number of benzene rings is 1. The lowest BCUT2D eigenvalue weighted by Crippen LogP contribution is -2.53. The van der Waals surface area contributed by atoms with Crippen molar-refractivity contribution in [2.24, 2.45) is 5.92 Å². The van der Waals surface area contributed by atoms with Gasteiger partial charge >= 0.3 is 0 Å². The summed E-state index contributed by atoms with van der Waals surface area (Å²) in [5.74, 6) is 0.485. The minimum atomic E-state index is -0.345. The predicted molar refractivity (Wildman–Crippen MR) is 94.7 cm³/mol. The van der Waals surface area contributed by atoms with E-state index in [1.165, 1.54) is 0 Å². The third-order valence-corrected chi connectivity index (χ3v) is 5.33. The van der Waals surface area contributed by atoms with Gasteiger partial charge in [0.25, 0.3) is 0 Å². The molecule has 1 N–H and O–H groups in total. The second-order valence-electron chi connectivity index (χ2n) is 6.38. The van der Waals surface area contributed by atoms with Crippen LogP contribution in [-0.4, -0.2) is 35.6 Å². The lowest BCUT2D eigenvalue weighted by Gasteiger charge is -2.45. The molecule has 1 heterocycles. The second kappa shape index (κ2) is 8.16. The molecule has 1 aliphatic carbocycles. The molecule has 1 saturated carbocycles. The van der Waals surface area contributed by atoms with E-state index in [4.69, 9.17) is 11.6 Å². The highest BCUT2D eigenvalue weighted by atomic mass is 35.5. The maximum atomic E-state index is 13.1. The molecular formula is C19H28ClNO2. The van der Waals surface area contributed by atoms with Gasteiger partial charge in [0.1, 0.15) is 0 Å².